The lowest BCUT2D eigenvalue weighted by atomic mass is 10.1. The first-order chi connectivity index (χ1) is 9.99. The van der Waals surface area contributed by atoms with Crippen molar-refractivity contribution in [1.82, 2.24) is 5.43 Å². The minimum atomic E-state index is -0.560. The molecule has 0 aliphatic rings. The summed E-state index contributed by atoms with van der Waals surface area (Å²) in [6.45, 7) is 1.81. The monoisotopic (exact) mass is 304 g/mol. The zero-order chi connectivity index (χ0) is 15.4. The summed E-state index contributed by atoms with van der Waals surface area (Å²) in [5.74, 6) is -0.725. The fourth-order valence-corrected chi connectivity index (χ4v) is 1.92. The molecular formula is C15H13ClN2O3. The molecule has 0 heterocycles. The molecule has 0 aliphatic heterocycles. The van der Waals surface area contributed by atoms with Gasteiger partial charge in [0.15, 0.2) is 0 Å². The Morgan fingerprint density at radius 3 is 2.67 bits per heavy atom. The van der Waals surface area contributed by atoms with E-state index in [-0.39, 0.29) is 17.1 Å². The number of hydrazone groups is 1. The van der Waals surface area contributed by atoms with Crippen LogP contribution in [-0.4, -0.2) is 22.3 Å². The highest BCUT2D eigenvalue weighted by Gasteiger charge is 2.10. The molecule has 0 spiro atoms. The predicted molar refractivity (Wildman–Crippen MR) is 81.0 cm³/mol. The maximum atomic E-state index is 11.9. The number of halogens is 1. The van der Waals surface area contributed by atoms with Gasteiger partial charge in [0, 0.05) is 0 Å². The molecular weight excluding hydrogens is 292 g/mol. The number of hydrogen-bond donors (Lipinski definition) is 3. The summed E-state index contributed by atoms with van der Waals surface area (Å²) < 4.78 is 0. The van der Waals surface area contributed by atoms with Gasteiger partial charge in [-0.05, 0) is 36.8 Å². The van der Waals surface area contributed by atoms with E-state index < -0.39 is 5.91 Å². The first kappa shape index (κ1) is 14.9. The Bertz CT molecular complexity index is 694. The summed E-state index contributed by atoms with van der Waals surface area (Å²) in [5, 5.41) is 23.3. The topological polar surface area (TPSA) is 81.9 Å². The average Bonchev–Trinajstić information content (AvgIpc) is 2.42. The normalized spacial score (nSPS) is 10.8. The van der Waals surface area contributed by atoms with Crippen LogP contribution >= 0.6 is 11.6 Å². The first-order valence-electron chi connectivity index (χ1n) is 6.09. The number of rotatable bonds is 3. The van der Waals surface area contributed by atoms with Gasteiger partial charge in [-0.2, -0.15) is 5.10 Å². The lowest BCUT2D eigenvalue weighted by Crippen LogP contribution is -2.17. The maximum Gasteiger partial charge on any atom is 0.275 e. The number of carbonyl (C=O) groups excluding carboxylic acids is 1. The molecule has 21 heavy (non-hydrogen) atoms. The van der Waals surface area contributed by atoms with E-state index in [1.807, 2.05) is 0 Å². The first-order valence-corrected chi connectivity index (χ1v) is 6.47. The summed E-state index contributed by atoms with van der Waals surface area (Å²) >= 11 is 5.90. The second-order valence-electron chi connectivity index (χ2n) is 4.39. The van der Waals surface area contributed by atoms with Gasteiger partial charge in [-0.25, -0.2) is 5.43 Å². The molecule has 0 atom stereocenters. The van der Waals surface area contributed by atoms with Gasteiger partial charge in [-0.1, -0.05) is 23.7 Å². The van der Waals surface area contributed by atoms with Crippen molar-refractivity contribution in [1.29, 1.82) is 0 Å². The Hall–Kier alpha value is -2.53. The van der Waals surface area contributed by atoms with E-state index in [1.165, 1.54) is 24.4 Å². The molecule has 0 unspecified atom stereocenters. The van der Waals surface area contributed by atoms with Crippen molar-refractivity contribution in [3.05, 3.63) is 58.1 Å². The zero-order valence-electron chi connectivity index (χ0n) is 11.2. The van der Waals surface area contributed by atoms with Crippen molar-refractivity contribution in [2.24, 2.45) is 5.10 Å². The van der Waals surface area contributed by atoms with Crippen molar-refractivity contribution in [2.45, 2.75) is 6.92 Å². The molecule has 2 aromatic rings. The van der Waals surface area contributed by atoms with Gasteiger partial charge in [0.2, 0.25) is 0 Å². The van der Waals surface area contributed by atoms with Crippen LogP contribution in [0, 0.1) is 6.92 Å². The largest absolute Gasteiger partial charge is 0.507 e. The zero-order valence-corrected chi connectivity index (χ0v) is 11.9. The molecule has 0 bridgehead atoms. The fourth-order valence-electron chi connectivity index (χ4n) is 1.70. The van der Waals surface area contributed by atoms with Crippen LogP contribution in [0.2, 0.25) is 5.02 Å². The molecule has 0 radical (unpaired) electrons. The lowest BCUT2D eigenvalue weighted by molar-refractivity contribution is 0.0952. The van der Waals surface area contributed by atoms with E-state index in [0.717, 1.165) is 5.56 Å². The van der Waals surface area contributed by atoms with E-state index >= 15 is 0 Å². The fraction of sp³-hybridized carbons (Fsp3) is 0.0667. The van der Waals surface area contributed by atoms with Crippen LogP contribution < -0.4 is 5.43 Å². The van der Waals surface area contributed by atoms with Crippen LogP contribution in [0.25, 0.3) is 0 Å². The minimum Gasteiger partial charge on any atom is -0.507 e. The third kappa shape index (κ3) is 3.52. The molecule has 0 aliphatic carbocycles. The molecule has 6 heteroatoms. The Balaban J connectivity index is 2.12. The Morgan fingerprint density at radius 1 is 1.24 bits per heavy atom. The Labute approximate surface area is 126 Å². The second kappa shape index (κ2) is 6.28. The Kier molecular flexibility index (Phi) is 4.45. The van der Waals surface area contributed by atoms with Gasteiger partial charge in [0.1, 0.15) is 11.5 Å². The molecule has 2 rings (SSSR count). The van der Waals surface area contributed by atoms with E-state index in [4.69, 9.17) is 11.6 Å². The van der Waals surface area contributed by atoms with Crippen LogP contribution in [-0.2, 0) is 0 Å². The molecule has 1 amide bonds. The number of hydrogen-bond acceptors (Lipinski definition) is 4. The number of aryl methyl sites for hydroxylation is 1. The van der Waals surface area contributed by atoms with Gasteiger partial charge >= 0.3 is 0 Å². The van der Waals surface area contributed by atoms with Gasteiger partial charge in [-0.15, -0.1) is 0 Å². The third-order valence-electron chi connectivity index (χ3n) is 2.79. The molecule has 0 saturated heterocycles. The number of nitrogens with one attached hydrogen (secondary N) is 1. The summed E-state index contributed by atoms with van der Waals surface area (Å²) in [6.07, 6.45) is 1.24. The van der Waals surface area contributed by atoms with Crippen LogP contribution in [0.5, 0.6) is 11.5 Å². The van der Waals surface area contributed by atoms with Crippen molar-refractivity contribution >= 4 is 23.7 Å². The van der Waals surface area contributed by atoms with Crippen molar-refractivity contribution in [2.75, 3.05) is 0 Å². The number of phenols is 2. The van der Waals surface area contributed by atoms with E-state index in [9.17, 15) is 15.0 Å². The van der Waals surface area contributed by atoms with Crippen molar-refractivity contribution < 1.29 is 15.0 Å². The summed E-state index contributed by atoms with van der Waals surface area (Å²) in [5.41, 5.74) is 3.52. The summed E-state index contributed by atoms with van der Waals surface area (Å²) in [4.78, 5) is 11.9. The Morgan fingerprint density at radius 2 is 2.00 bits per heavy atom. The minimum absolute atomic E-state index is 0.0429. The van der Waals surface area contributed by atoms with Crippen LogP contribution in [0.15, 0.2) is 41.5 Å². The van der Waals surface area contributed by atoms with Gasteiger partial charge in [-0.3, -0.25) is 4.79 Å². The van der Waals surface area contributed by atoms with Crippen LogP contribution in [0.3, 0.4) is 0 Å². The number of carbonyl (C=O) groups is 1. The molecule has 108 valence electrons. The predicted octanol–water partition coefficient (Wildman–Crippen LogP) is 2.82. The molecule has 3 N–H and O–H groups in total. The van der Waals surface area contributed by atoms with Crippen LogP contribution in [0.1, 0.15) is 21.5 Å². The third-order valence-corrected chi connectivity index (χ3v) is 3.12. The lowest BCUT2D eigenvalue weighted by Gasteiger charge is -2.04. The smallest absolute Gasteiger partial charge is 0.275 e. The van der Waals surface area contributed by atoms with Crippen molar-refractivity contribution in [3.63, 3.8) is 0 Å². The van der Waals surface area contributed by atoms with Gasteiger partial charge in [0.05, 0.1) is 22.4 Å². The molecule has 0 saturated carbocycles. The molecule has 0 aromatic heterocycles. The molecule has 2 aromatic carbocycles. The van der Waals surface area contributed by atoms with E-state index in [1.54, 1.807) is 25.1 Å². The quantitative estimate of drug-likeness (QED) is 0.602. The SMILES string of the molecule is Cc1ccc(C(=O)N/N=C/c2c(O)cccc2Cl)c(O)c1. The van der Waals surface area contributed by atoms with Gasteiger partial charge in [0.25, 0.3) is 5.91 Å². The van der Waals surface area contributed by atoms with Crippen molar-refractivity contribution in [3.8, 4) is 11.5 Å². The average molecular weight is 305 g/mol. The molecule has 5 nitrogen and oxygen atoms in total. The molecule has 0 fully saturated rings. The number of phenolic OH excluding ortho intramolecular Hbond substituents is 2. The standard InChI is InChI=1S/C15H13ClN2O3/c1-9-5-6-10(14(20)7-9)15(21)18-17-8-11-12(16)3-2-4-13(11)19/h2-8,19-20H,1H3,(H,18,21)/b17-8+. The van der Waals surface area contributed by atoms with Crippen LogP contribution in [0.4, 0.5) is 0 Å². The maximum absolute atomic E-state index is 11.9. The number of benzene rings is 2. The number of amides is 1. The van der Waals surface area contributed by atoms with E-state index in [2.05, 4.69) is 10.5 Å². The summed E-state index contributed by atoms with van der Waals surface area (Å²) in [7, 11) is 0. The highest BCUT2D eigenvalue weighted by molar-refractivity contribution is 6.33. The second-order valence-corrected chi connectivity index (χ2v) is 4.80. The number of aromatic hydroxyl groups is 2. The summed E-state index contributed by atoms with van der Waals surface area (Å²) in [6, 6.07) is 9.34. The number of nitrogens with zero attached hydrogens (tertiary/aromatic N) is 1. The highest BCUT2D eigenvalue weighted by Crippen LogP contribution is 2.23. The van der Waals surface area contributed by atoms with Gasteiger partial charge < -0.3 is 10.2 Å². The highest BCUT2D eigenvalue weighted by atomic mass is 35.5. The van der Waals surface area contributed by atoms with E-state index in [0.29, 0.717) is 10.6 Å².